The molecule has 2 aromatic carbocycles. The summed E-state index contributed by atoms with van der Waals surface area (Å²) in [5.41, 5.74) is 8.03. The molecule has 0 radical (unpaired) electrons. The van der Waals surface area contributed by atoms with Gasteiger partial charge in [0.25, 0.3) is 0 Å². The third-order valence-electron chi connectivity index (χ3n) is 4.49. The summed E-state index contributed by atoms with van der Waals surface area (Å²) in [6, 6.07) is 16.6. The smallest absolute Gasteiger partial charge is 0.182 e. The third-order valence-corrected chi connectivity index (χ3v) is 6.99. The number of hydrogen-bond donors (Lipinski definition) is 1. The van der Waals surface area contributed by atoms with Crippen LogP contribution >= 0.6 is 12.2 Å². The van der Waals surface area contributed by atoms with Gasteiger partial charge >= 0.3 is 0 Å². The lowest BCUT2D eigenvalue weighted by molar-refractivity contribution is 0.593. The van der Waals surface area contributed by atoms with Crippen LogP contribution < -0.4 is 5.73 Å². The minimum absolute atomic E-state index is 0.149. The number of aryl methyl sites for hydroxylation is 1. The highest BCUT2D eigenvalue weighted by Crippen LogP contribution is 2.54. The molecule has 0 unspecified atom stereocenters. The summed E-state index contributed by atoms with van der Waals surface area (Å²) >= 11 is 5.12. The Balaban J connectivity index is 1.96. The second-order valence-corrected chi connectivity index (χ2v) is 8.45. The van der Waals surface area contributed by atoms with E-state index in [1.807, 2.05) is 24.3 Å². The first-order valence-corrected chi connectivity index (χ1v) is 9.59. The molecule has 0 saturated heterocycles. The number of rotatable bonds is 5. The Morgan fingerprint density at radius 2 is 1.70 bits per heavy atom. The van der Waals surface area contributed by atoms with Crippen molar-refractivity contribution in [3.8, 4) is 0 Å². The minimum atomic E-state index is -3.44. The van der Waals surface area contributed by atoms with Gasteiger partial charge in [0.1, 0.15) is 0 Å². The van der Waals surface area contributed by atoms with Crippen molar-refractivity contribution in [2.24, 2.45) is 11.7 Å². The van der Waals surface area contributed by atoms with Crippen molar-refractivity contribution in [3.05, 3.63) is 65.7 Å². The lowest BCUT2D eigenvalue weighted by Crippen LogP contribution is -2.17. The van der Waals surface area contributed by atoms with Gasteiger partial charge in [0.15, 0.2) is 9.84 Å². The molecule has 0 spiro atoms. The van der Waals surface area contributed by atoms with Gasteiger partial charge in [-0.25, -0.2) is 8.42 Å². The molecule has 1 aliphatic carbocycles. The van der Waals surface area contributed by atoms with Crippen molar-refractivity contribution in [1.82, 2.24) is 0 Å². The summed E-state index contributed by atoms with van der Waals surface area (Å²) in [6.07, 6.45) is 0.954. The van der Waals surface area contributed by atoms with Gasteiger partial charge < -0.3 is 5.73 Å². The lowest BCUT2D eigenvalue weighted by Gasteiger charge is -2.04. The van der Waals surface area contributed by atoms with Gasteiger partial charge in [-0.1, -0.05) is 61.6 Å². The van der Waals surface area contributed by atoms with Gasteiger partial charge in [-0.05, 0) is 29.7 Å². The second-order valence-electron chi connectivity index (χ2n) is 5.87. The zero-order valence-corrected chi connectivity index (χ0v) is 14.5. The van der Waals surface area contributed by atoms with Gasteiger partial charge in [-0.2, -0.15) is 0 Å². The summed E-state index contributed by atoms with van der Waals surface area (Å²) in [5, 5.41) is -0.560. The number of sulfone groups is 1. The molecule has 0 bridgehead atoms. The van der Waals surface area contributed by atoms with Gasteiger partial charge in [0, 0.05) is 11.8 Å². The Kier molecular flexibility index (Phi) is 4.25. The predicted molar refractivity (Wildman–Crippen MR) is 96.3 cm³/mol. The lowest BCUT2D eigenvalue weighted by atomic mass is 10.1. The highest BCUT2D eigenvalue weighted by molar-refractivity contribution is 7.92. The van der Waals surface area contributed by atoms with Crippen LogP contribution in [0.2, 0.25) is 0 Å². The summed E-state index contributed by atoms with van der Waals surface area (Å²) < 4.78 is 25.8. The maximum Gasteiger partial charge on any atom is 0.182 e. The molecule has 5 heteroatoms. The molecular weight excluding hydrogens is 326 g/mol. The number of hydrogen-bond acceptors (Lipinski definition) is 3. The van der Waals surface area contributed by atoms with Gasteiger partial charge in [0.2, 0.25) is 0 Å². The van der Waals surface area contributed by atoms with Crippen molar-refractivity contribution in [1.29, 1.82) is 0 Å². The SMILES string of the molecule is CCc1ccc([C@@H]2[C@H](C(N)=S)[C@@H]2S(=O)(=O)c2ccccc2)cc1. The molecule has 0 aromatic heterocycles. The minimum Gasteiger partial charge on any atom is -0.393 e. The third kappa shape index (κ3) is 2.91. The van der Waals surface area contributed by atoms with Crippen LogP contribution in [0.5, 0.6) is 0 Å². The van der Waals surface area contributed by atoms with E-state index in [1.165, 1.54) is 5.56 Å². The standard InChI is InChI=1S/C18H19NO2S2/c1-2-12-8-10-13(11-9-12)15-16(18(19)22)17(15)23(20,21)14-6-4-3-5-7-14/h3-11,15-17H,2H2,1H3,(H2,19,22)/t15-,16+,17-/m1/s1. The van der Waals surface area contributed by atoms with E-state index in [0.29, 0.717) is 4.90 Å². The molecule has 1 aliphatic rings. The van der Waals surface area contributed by atoms with Crippen LogP contribution in [0.3, 0.4) is 0 Å². The largest absolute Gasteiger partial charge is 0.393 e. The maximum absolute atomic E-state index is 12.9. The Bertz CT molecular complexity index is 814. The van der Waals surface area contributed by atoms with Gasteiger partial charge in [-0.3, -0.25) is 0 Å². The van der Waals surface area contributed by atoms with Crippen molar-refractivity contribution in [2.75, 3.05) is 0 Å². The van der Waals surface area contributed by atoms with Crippen LogP contribution in [0.4, 0.5) is 0 Å². The molecule has 3 nitrogen and oxygen atoms in total. The van der Waals surface area contributed by atoms with E-state index in [4.69, 9.17) is 18.0 Å². The van der Waals surface area contributed by atoms with Crippen molar-refractivity contribution >= 4 is 27.0 Å². The van der Waals surface area contributed by atoms with E-state index in [9.17, 15) is 8.42 Å². The number of thiocarbonyl (C=S) groups is 1. The van der Waals surface area contributed by atoms with Crippen LogP contribution in [0.25, 0.3) is 0 Å². The van der Waals surface area contributed by atoms with Gasteiger partial charge in [-0.15, -0.1) is 0 Å². The van der Waals surface area contributed by atoms with Crippen LogP contribution in [0.1, 0.15) is 24.0 Å². The average molecular weight is 345 g/mol. The van der Waals surface area contributed by atoms with Crippen LogP contribution in [0.15, 0.2) is 59.5 Å². The highest BCUT2D eigenvalue weighted by Gasteiger charge is 2.60. The molecule has 0 aliphatic heterocycles. The molecule has 0 amide bonds. The topological polar surface area (TPSA) is 60.2 Å². The van der Waals surface area contributed by atoms with Crippen LogP contribution in [-0.2, 0) is 16.3 Å². The Hall–Kier alpha value is -1.72. The van der Waals surface area contributed by atoms with E-state index < -0.39 is 15.1 Å². The first-order valence-electron chi connectivity index (χ1n) is 7.64. The van der Waals surface area contributed by atoms with E-state index in [0.717, 1.165) is 12.0 Å². The molecule has 3 atom stereocenters. The quantitative estimate of drug-likeness (QED) is 0.846. The number of benzene rings is 2. The van der Waals surface area contributed by atoms with E-state index in [-0.39, 0.29) is 16.8 Å². The van der Waals surface area contributed by atoms with Crippen LogP contribution in [-0.4, -0.2) is 18.7 Å². The Morgan fingerprint density at radius 1 is 1.09 bits per heavy atom. The zero-order chi connectivity index (χ0) is 16.6. The van der Waals surface area contributed by atoms with E-state index in [1.54, 1.807) is 30.3 Å². The second kappa shape index (κ2) is 6.06. The Morgan fingerprint density at radius 3 is 2.22 bits per heavy atom. The van der Waals surface area contributed by atoms with Crippen LogP contribution in [0, 0.1) is 5.92 Å². The average Bonchev–Trinajstić information content (AvgIpc) is 3.32. The molecule has 3 rings (SSSR count). The summed E-state index contributed by atoms with van der Waals surface area (Å²) in [5.74, 6) is -0.439. The zero-order valence-electron chi connectivity index (χ0n) is 12.8. The molecule has 120 valence electrons. The summed E-state index contributed by atoms with van der Waals surface area (Å²) in [6.45, 7) is 2.09. The first-order chi connectivity index (χ1) is 11.0. The fourth-order valence-electron chi connectivity index (χ4n) is 3.15. The molecule has 23 heavy (non-hydrogen) atoms. The normalized spacial score (nSPS) is 23.4. The Labute approximate surface area is 142 Å². The molecule has 2 N–H and O–H groups in total. The van der Waals surface area contributed by atoms with Crippen molar-refractivity contribution in [2.45, 2.75) is 29.4 Å². The molecule has 1 fully saturated rings. The maximum atomic E-state index is 12.9. The predicted octanol–water partition coefficient (Wildman–Crippen LogP) is 3.09. The van der Waals surface area contributed by atoms with Crippen molar-refractivity contribution in [3.63, 3.8) is 0 Å². The summed E-state index contributed by atoms with van der Waals surface area (Å²) in [7, 11) is -3.44. The fourth-order valence-corrected chi connectivity index (χ4v) is 5.70. The van der Waals surface area contributed by atoms with E-state index in [2.05, 4.69) is 6.92 Å². The monoisotopic (exact) mass is 345 g/mol. The molecular formula is C18H19NO2S2. The number of nitrogens with two attached hydrogens (primary N) is 1. The first kappa shape index (κ1) is 16.1. The van der Waals surface area contributed by atoms with Crippen molar-refractivity contribution < 1.29 is 8.42 Å². The fraction of sp³-hybridized carbons (Fsp3) is 0.278. The van der Waals surface area contributed by atoms with E-state index >= 15 is 0 Å². The molecule has 2 aromatic rings. The highest BCUT2D eigenvalue weighted by atomic mass is 32.2. The van der Waals surface area contributed by atoms with Gasteiger partial charge in [0.05, 0.1) is 15.1 Å². The molecule has 0 heterocycles. The summed E-state index contributed by atoms with van der Waals surface area (Å²) in [4.78, 5) is 0.609. The molecule has 1 saturated carbocycles.